The SMILES string of the molecule is CC(C)C[C@H](N)CCS(C)=O. The van der Waals surface area contributed by atoms with Crippen LogP contribution in [0.1, 0.15) is 26.7 Å². The highest BCUT2D eigenvalue weighted by atomic mass is 32.2. The van der Waals surface area contributed by atoms with Crippen LogP contribution in [-0.2, 0) is 10.8 Å². The van der Waals surface area contributed by atoms with E-state index in [4.69, 9.17) is 5.73 Å². The Hall–Kier alpha value is 0.110. The summed E-state index contributed by atoms with van der Waals surface area (Å²) in [7, 11) is -0.681. The quantitative estimate of drug-likeness (QED) is 0.684. The minimum absolute atomic E-state index is 0.235. The molecular formula is C8H19NOS. The molecule has 0 saturated carbocycles. The summed E-state index contributed by atoms with van der Waals surface area (Å²) in [6, 6.07) is 0.235. The van der Waals surface area contributed by atoms with Gasteiger partial charge in [0.1, 0.15) is 0 Å². The number of hydrogen-bond acceptors (Lipinski definition) is 2. The molecule has 0 aromatic rings. The van der Waals surface area contributed by atoms with Crippen LogP contribution in [0.3, 0.4) is 0 Å². The maximum absolute atomic E-state index is 10.7. The van der Waals surface area contributed by atoms with Crippen molar-refractivity contribution >= 4 is 10.8 Å². The summed E-state index contributed by atoms with van der Waals surface area (Å²) in [4.78, 5) is 0. The lowest BCUT2D eigenvalue weighted by molar-refractivity contribution is 0.487. The van der Waals surface area contributed by atoms with Gasteiger partial charge in [-0.05, 0) is 18.8 Å². The first kappa shape index (κ1) is 11.1. The van der Waals surface area contributed by atoms with E-state index in [2.05, 4.69) is 13.8 Å². The fourth-order valence-electron chi connectivity index (χ4n) is 1.04. The Morgan fingerprint density at radius 2 is 2.00 bits per heavy atom. The molecular weight excluding hydrogens is 158 g/mol. The van der Waals surface area contributed by atoms with Gasteiger partial charge in [-0.3, -0.25) is 4.21 Å². The molecule has 0 rings (SSSR count). The maximum atomic E-state index is 10.7. The van der Waals surface area contributed by atoms with Crippen LogP contribution in [0.2, 0.25) is 0 Å². The van der Waals surface area contributed by atoms with E-state index in [9.17, 15) is 4.21 Å². The van der Waals surface area contributed by atoms with Crippen molar-refractivity contribution in [2.45, 2.75) is 32.7 Å². The molecule has 0 spiro atoms. The summed E-state index contributed by atoms with van der Waals surface area (Å²) in [6.45, 7) is 4.31. The lowest BCUT2D eigenvalue weighted by Gasteiger charge is -2.12. The van der Waals surface area contributed by atoms with E-state index in [1.165, 1.54) is 0 Å². The molecule has 0 aromatic carbocycles. The Labute approximate surface area is 72.0 Å². The van der Waals surface area contributed by atoms with Crippen molar-refractivity contribution in [3.05, 3.63) is 0 Å². The molecule has 0 fully saturated rings. The average molecular weight is 177 g/mol. The first-order chi connectivity index (χ1) is 5.02. The van der Waals surface area contributed by atoms with Crippen molar-refractivity contribution in [3.63, 3.8) is 0 Å². The summed E-state index contributed by atoms with van der Waals surface area (Å²) in [5, 5.41) is 0. The van der Waals surface area contributed by atoms with E-state index in [0.29, 0.717) is 5.92 Å². The fraction of sp³-hybridized carbons (Fsp3) is 1.00. The van der Waals surface area contributed by atoms with E-state index in [1.54, 1.807) is 6.26 Å². The highest BCUT2D eigenvalue weighted by Gasteiger charge is 2.05. The molecule has 2 nitrogen and oxygen atoms in total. The van der Waals surface area contributed by atoms with Crippen molar-refractivity contribution in [1.29, 1.82) is 0 Å². The molecule has 0 aliphatic rings. The molecule has 0 aliphatic carbocycles. The average Bonchev–Trinajstić information content (AvgIpc) is 1.82. The summed E-state index contributed by atoms with van der Waals surface area (Å²) >= 11 is 0. The molecule has 0 aromatic heterocycles. The summed E-state index contributed by atoms with van der Waals surface area (Å²) in [5.41, 5.74) is 5.79. The van der Waals surface area contributed by atoms with Gasteiger partial charge >= 0.3 is 0 Å². The summed E-state index contributed by atoms with van der Waals surface area (Å²) in [5.74, 6) is 1.39. The van der Waals surface area contributed by atoms with Crippen LogP contribution in [0.15, 0.2) is 0 Å². The van der Waals surface area contributed by atoms with Crippen molar-refractivity contribution in [2.75, 3.05) is 12.0 Å². The summed E-state index contributed by atoms with van der Waals surface area (Å²) < 4.78 is 10.7. The van der Waals surface area contributed by atoms with Crippen LogP contribution < -0.4 is 5.73 Å². The van der Waals surface area contributed by atoms with Crippen LogP contribution >= 0.6 is 0 Å². The zero-order valence-corrected chi connectivity index (χ0v) is 8.49. The van der Waals surface area contributed by atoms with Gasteiger partial charge in [0, 0.05) is 28.9 Å². The molecule has 0 amide bonds. The third kappa shape index (κ3) is 8.01. The topological polar surface area (TPSA) is 43.1 Å². The van der Waals surface area contributed by atoms with Crippen molar-refractivity contribution < 1.29 is 4.21 Å². The monoisotopic (exact) mass is 177 g/mol. The predicted molar refractivity (Wildman–Crippen MR) is 51.0 cm³/mol. The van der Waals surface area contributed by atoms with E-state index >= 15 is 0 Å². The standard InChI is InChI=1S/C8H19NOS/c1-7(2)6-8(9)4-5-11(3)10/h7-8H,4-6,9H2,1-3H3/t8-,11?/m1/s1. The van der Waals surface area contributed by atoms with Gasteiger partial charge in [0.2, 0.25) is 0 Å². The Balaban J connectivity index is 3.37. The second kappa shape index (κ2) is 5.72. The second-order valence-corrected chi connectivity index (χ2v) is 5.01. The van der Waals surface area contributed by atoms with Crippen LogP contribution in [0, 0.1) is 5.92 Å². The van der Waals surface area contributed by atoms with Crippen LogP contribution in [-0.4, -0.2) is 22.3 Å². The molecule has 1 unspecified atom stereocenters. The molecule has 11 heavy (non-hydrogen) atoms. The number of nitrogens with two attached hydrogens (primary N) is 1. The van der Waals surface area contributed by atoms with Gasteiger partial charge in [-0.25, -0.2) is 0 Å². The van der Waals surface area contributed by atoms with Crippen LogP contribution in [0.4, 0.5) is 0 Å². The van der Waals surface area contributed by atoms with Gasteiger partial charge in [-0.1, -0.05) is 13.8 Å². The highest BCUT2D eigenvalue weighted by molar-refractivity contribution is 7.84. The minimum Gasteiger partial charge on any atom is -0.328 e. The first-order valence-electron chi connectivity index (χ1n) is 4.08. The second-order valence-electron chi connectivity index (χ2n) is 3.46. The van der Waals surface area contributed by atoms with E-state index in [-0.39, 0.29) is 6.04 Å². The summed E-state index contributed by atoms with van der Waals surface area (Å²) in [6.07, 6.45) is 3.65. The number of rotatable bonds is 5. The van der Waals surface area contributed by atoms with Crippen molar-refractivity contribution in [2.24, 2.45) is 11.7 Å². The van der Waals surface area contributed by atoms with Crippen LogP contribution in [0.25, 0.3) is 0 Å². The molecule has 0 heterocycles. The third-order valence-corrected chi connectivity index (χ3v) is 2.36. The largest absolute Gasteiger partial charge is 0.328 e. The van der Waals surface area contributed by atoms with Crippen LogP contribution in [0.5, 0.6) is 0 Å². The Bertz CT molecular complexity index is 125. The zero-order chi connectivity index (χ0) is 8.85. The minimum atomic E-state index is -0.681. The lowest BCUT2D eigenvalue weighted by Crippen LogP contribution is -2.24. The Morgan fingerprint density at radius 3 is 2.36 bits per heavy atom. The molecule has 2 atom stereocenters. The predicted octanol–water partition coefficient (Wildman–Crippen LogP) is 1.13. The smallest absolute Gasteiger partial charge is 0.0246 e. The van der Waals surface area contributed by atoms with Crippen molar-refractivity contribution in [3.8, 4) is 0 Å². The van der Waals surface area contributed by atoms with E-state index in [1.807, 2.05) is 0 Å². The molecule has 3 heteroatoms. The van der Waals surface area contributed by atoms with Gasteiger partial charge in [0.15, 0.2) is 0 Å². The zero-order valence-electron chi connectivity index (χ0n) is 7.67. The molecule has 0 radical (unpaired) electrons. The van der Waals surface area contributed by atoms with Gasteiger partial charge < -0.3 is 5.73 Å². The molecule has 0 bridgehead atoms. The molecule has 2 N–H and O–H groups in total. The van der Waals surface area contributed by atoms with E-state index in [0.717, 1.165) is 18.6 Å². The maximum Gasteiger partial charge on any atom is 0.0246 e. The molecule has 0 saturated heterocycles. The van der Waals surface area contributed by atoms with Crippen molar-refractivity contribution in [1.82, 2.24) is 0 Å². The third-order valence-electron chi connectivity index (χ3n) is 1.55. The van der Waals surface area contributed by atoms with Gasteiger partial charge in [-0.15, -0.1) is 0 Å². The van der Waals surface area contributed by atoms with Gasteiger partial charge in [0.05, 0.1) is 0 Å². The first-order valence-corrected chi connectivity index (χ1v) is 5.80. The highest BCUT2D eigenvalue weighted by Crippen LogP contribution is 2.05. The molecule has 0 aliphatic heterocycles. The lowest BCUT2D eigenvalue weighted by atomic mass is 10.0. The molecule has 68 valence electrons. The Morgan fingerprint density at radius 1 is 1.45 bits per heavy atom. The Kier molecular flexibility index (Phi) is 5.78. The fourth-order valence-corrected chi connectivity index (χ4v) is 1.68. The normalized spacial score (nSPS) is 16.8. The number of hydrogen-bond donors (Lipinski definition) is 1. The van der Waals surface area contributed by atoms with Gasteiger partial charge in [-0.2, -0.15) is 0 Å². The van der Waals surface area contributed by atoms with E-state index < -0.39 is 10.8 Å². The van der Waals surface area contributed by atoms with Gasteiger partial charge in [0.25, 0.3) is 0 Å².